The monoisotopic (exact) mass is 404 g/mol. The molecule has 1 N–H and O–H groups in total. The first-order valence-corrected chi connectivity index (χ1v) is 9.98. The van der Waals surface area contributed by atoms with E-state index in [4.69, 9.17) is 0 Å². The number of fused-ring (bicyclic) bond motifs is 1. The van der Waals surface area contributed by atoms with E-state index in [1.165, 1.54) is 10.9 Å². The van der Waals surface area contributed by atoms with Gasteiger partial charge >= 0.3 is 0 Å². The second kappa shape index (κ2) is 7.60. The molecule has 6 nitrogen and oxygen atoms in total. The first-order chi connectivity index (χ1) is 13.9. The summed E-state index contributed by atoms with van der Waals surface area (Å²) >= 11 is 1.11. The standard InChI is InChI=1S/C22H20N4O2S/c1-13-5-4-6-16(10-13)19-20-21(29-25-19)22(28)26(12-23-20)11-18(27)24-17-8-7-14(2)9-15(17)3/h4-10,12H,11H2,1-3H3,(H,24,27). The SMILES string of the molecule is Cc1cccc(-c2nsc3c(=O)n(CC(=O)Nc4ccc(C)cc4C)cnc23)c1. The van der Waals surface area contributed by atoms with Crippen LogP contribution in [-0.4, -0.2) is 19.8 Å². The van der Waals surface area contributed by atoms with E-state index in [1.807, 2.05) is 63.2 Å². The lowest BCUT2D eigenvalue weighted by Crippen LogP contribution is -2.27. The van der Waals surface area contributed by atoms with Crippen molar-refractivity contribution < 1.29 is 4.79 Å². The summed E-state index contributed by atoms with van der Waals surface area (Å²) in [5.41, 5.74) is 5.87. The normalized spacial score (nSPS) is 11.0. The van der Waals surface area contributed by atoms with Crippen LogP contribution in [0.5, 0.6) is 0 Å². The molecule has 0 radical (unpaired) electrons. The fourth-order valence-corrected chi connectivity index (χ4v) is 4.05. The molecule has 0 saturated heterocycles. The van der Waals surface area contributed by atoms with Gasteiger partial charge in [-0.1, -0.05) is 41.5 Å². The lowest BCUT2D eigenvalue weighted by Gasteiger charge is -2.10. The molecule has 7 heteroatoms. The Balaban J connectivity index is 1.61. The van der Waals surface area contributed by atoms with Crippen LogP contribution < -0.4 is 10.9 Å². The molecular formula is C22H20N4O2S. The number of benzene rings is 2. The van der Waals surface area contributed by atoms with Gasteiger partial charge in [0, 0.05) is 11.3 Å². The molecule has 2 aromatic heterocycles. The van der Waals surface area contributed by atoms with E-state index < -0.39 is 0 Å². The summed E-state index contributed by atoms with van der Waals surface area (Å²) in [5.74, 6) is -0.274. The average Bonchev–Trinajstić information content (AvgIpc) is 3.11. The van der Waals surface area contributed by atoms with Crippen LogP contribution in [0, 0.1) is 20.8 Å². The first kappa shape index (κ1) is 19.0. The molecule has 0 spiro atoms. The zero-order valence-corrected chi connectivity index (χ0v) is 17.2. The molecule has 0 bridgehead atoms. The molecule has 0 aliphatic rings. The summed E-state index contributed by atoms with van der Waals surface area (Å²) in [7, 11) is 0. The van der Waals surface area contributed by atoms with Crippen LogP contribution in [-0.2, 0) is 11.3 Å². The smallest absolute Gasteiger partial charge is 0.273 e. The number of rotatable bonds is 4. The Kier molecular flexibility index (Phi) is 4.98. The highest BCUT2D eigenvalue weighted by Gasteiger charge is 2.16. The number of aromatic nitrogens is 3. The van der Waals surface area contributed by atoms with Gasteiger partial charge in [0.25, 0.3) is 5.56 Å². The summed E-state index contributed by atoms with van der Waals surface area (Å²) in [5, 5.41) is 2.86. The zero-order chi connectivity index (χ0) is 20.5. The first-order valence-electron chi connectivity index (χ1n) is 9.21. The van der Waals surface area contributed by atoms with E-state index in [0.717, 1.165) is 39.5 Å². The van der Waals surface area contributed by atoms with Gasteiger partial charge < -0.3 is 5.32 Å². The van der Waals surface area contributed by atoms with Gasteiger partial charge in [0.15, 0.2) is 0 Å². The second-order valence-electron chi connectivity index (χ2n) is 7.12. The highest BCUT2D eigenvalue weighted by atomic mass is 32.1. The summed E-state index contributed by atoms with van der Waals surface area (Å²) in [4.78, 5) is 29.7. The Labute approximate surface area is 172 Å². The van der Waals surface area contributed by atoms with Crippen molar-refractivity contribution in [2.45, 2.75) is 27.3 Å². The van der Waals surface area contributed by atoms with Crippen LogP contribution in [0.4, 0.5) is 5.69 Å². The number of hydrogen-bond acceptors (Lipinski definition) is 5. The fraction of sp³-hybridized carbons (Fsp3) is 0.182. The maximum Gasteiger partial charge on any atom is 0.273 e. The predicted molar refractivity (Wildman–Crippen MR) is 116 cm³/mol. The average molecular weight is 404 g/mol. The van der Waals surface area contributed by atoms with Crippen LogP contribution in [0.15, 0.2) is 53.6 Å². The molecule has 2 aromatic carbocycles. The van der Waals surface area contributed by atoms with Gasteiger partial charge in [-0.05, 0) is 50.0 Å². The van der Waals surface area contributed by atoms with E-state index in [1.54, 1.807) is 0 Å². The quantitative estimate of drug-likeness (QED) is 0.556. The molecule has 0 aliphatic heterocycles. The van der Waals surface area contributed by atoms with E-state index in [-0.39, 0.29) is 18.0 Å². The third-order valence-corrected chi connectivity index (χ3v) is 5.53. The van der Waals surface area contributed by atoms with Gasteiger partial charge in [0.1, 0.15) is 22.5 Å². The van der Waals surface area contributed by atoms with Gasteiger partial charge in [-0.2, -0.15) is 4.37 Å². The molecule has 4 rings (SSSR count). The number of amides is 1. The lowest BCUT2D eigenvalue weighted by atomic mass is 10.1. The minimum atomic E-state index is -0.274. The van der Waals surface area contributed by atoms with Crippen LogP contribution in [0.3, 0.4) is 0 Å². The van der Waals surface area contributed by atoms with E-state index in [0.29, 0.717) is 15.9 Å². The number of aryl methyl sites for hydroxylation is 3. The maximum absolute atomic E-state index is 12.9. The minimum Gasteiger partial charge on any atom is -0.324 e. The summed E-state index contributed by atoms with van der Waals surface area (Å²) < 4.78 is 6.21. The van der Waals surface area contributed by atoms with Crippen molar-refractivity contribution in [3.05, 3.63) is 75.8 Å². The summed E-state index contributed by atoms with van der Waals surface area (Å²) in [6, 6.07) is 13.7. The highest BCUT2D eigenvalue weighted by molar-refractivity contribution is 7.13. The van der Waals surface area contributed by atoms with Crippen molar-refractivity contribution in [2.75, 3.05) is 5.32 Å². The summed E-state index contributed by atoms with van der Waals surface area (Å²) in [6.07, 6.45) is 1.42. The number of anilines is 1. The number of nitrogens with one attached hydrogen (secondary N) is 1. The Bertz CT molecular complexity index is 1290. The van der Waals surface area contributed by atoms with Gasteiger partial charge in [-0.15, -0.1) is 0 Å². The minimum absolute atomic E-state index is 0.104. The number of carbonyl (C=O) groups is 1. The van der Waals surface area contributed by atoms with E-state index >= 15 is 0 Å². The lowest BCUT2D eigenvalue weighted by molar-refractivity contribution is -0.116. The van der Waals surface area contributed by atoms with E-state index in [2.05, 4.69) is 14.7 Å². The van der Waals surface area contributed by atoms with Crippen molar-refractivity contribution in [3.8, 4) is 11.3 Å². The van der Waals surface area contributed by atoms with Crippen molar-refractivity contribution in [3.63, 3.8) is 0 Å². The molecule has 146 valence electrons. The number of hydrogen-bond donors (Lipinski definition) is 1. The molecule has 4 aromatic rings. The van der Waals surface area contributed by atoms with Crippen LogP contribution >= 0.6 is 11.5 Å². The van der Waals surface area contributed by atoms with Gasteiger partial charge in [-0.25, -0.2) is 4.98 Å². The Morgan fingerprint density at radius 1 is 1.10 bits per heavy atom. The van der Waals surface area contributed by atoms with Gasteiger partial charge in [0.05, 0.1) is 6.33 Å². The van der Waals surface area contributed by atoms with Crippen molar-refractivity contribution in [1.29, 1.82) is 0 Å². The molecule has 0 fully saturated rings. The van der Waals surface area contributed by atoms with Crippen molar-refractivity contribution in [1.82, 2.24) is 13.9 Å². The van der Waals surface area contributed by atoms with Crippen molar-refractivity contribution in [2.24, 2.45) is 0 Å². The van der Waals surface area contributed by atoms with Crippen molar-refractivity contribution >= 4 is 33.3 Å². The van der Waals surface area contributed by atoms with E-state index in [9.17, 15) is 9.59 Å². The molecule has 0 saturated carbocycles. The number of carbonyl (C=O) groups excluding carboxylic acids is 1. The van der Waals surface area contributed by atoms with Crippen LogP contribution in [0.2, 0.25) is 0 Å². The predicted octanol–water partition coefficient (Wildman–Crippen LogP) is 4.08. The van der Waals surface area contributed by atoms with Gasteiger partial charge in [-0.3, -0.25) is 14.2 Å². The third-order valence-electron chi connectivity index (χ3n) is 4.71. The molecular weight excluding hydrogens is 384 g/mol. The third kappa shape index (κ3) is 3.82. The van der Waals surface area contributed by atoms with Gasteiger partial charge in [0.2, 0.25) is 5.91 Å². The topological polar surface area (TPSA) is 76.9 Å². The molecule has 0 aliphatic carbocycles. The summed E-state index contributed by atoms with van der Waals surface area (Å²) in [6.45, 7) is 5.84. The second-order valence-corrected chi connectivity index (χ2v) is 7.90. The maximum atomic E-state index is 12.9. The largest absolute Gasteiger partial charge is 0.324 e. The zero-order valence-electron chi connectivity index (χ0n) is 16.4. The molecule has 29 heavy (non-hydrogen) atoms. The van der Waals surface area contributed by atoms with Crippen LogP contribution in [0.1, 0.15) is 16.7 Å². The number of nitrogens with zero attached hydrogens (tertiary/aromatic N) is 3. The highest BCUT2D eigenvalue weighted by Crippen LogP contribution is 2.27. The molecule has 0 unspecified atom stereocenters. The molecule has 0 atom stereocenters. The molecule has 1 amide bonds. The molecule has 2 heterocycles. The Morgan fingerprint density at radius 3 is 2.66 bits per heavy atom. The Hall–Kier alpha value is -3.32. The Morgan fingerprint density at radius 2 is 1.90 bits per heavy atom. The fourth-order valence-electron chi connectivity index (χ4n) is 3.25. The van der Waals surface area contributed by atoms with Crippen LogP contribution in [0.25, 0.3) is 21.5 Å².